The molecule has 1 aliphatic rings. The fraction of sp³-hybridized carbons (Fsp3) is 0.240. The van der Waals surface area contributed by atoms with Crippen LogP contribution in [0.5, 0.6) is 0 Å². The number of anilines is 1. The van der Waals surface area contributed by atoms with Crippen LogP contribution in [0.1, 0.15) is 55.6 Å². The number of hydrogen-bond acceptors (Lipinski definition) is 6. The molecule has 2 amide bonds. The van der Waals surface area contributed by atoms with Crippen LogP contribution in [0.4, 0.5) is 23.4 Å². The SMILES string of the molecule is COC(=O)c1ccc2c(c1)CC[C@@H]2NC(=O)c1cc(NC(=O)Cc2ccc(F)c(C(F)(F)F)c2)ncn1. The van der Waals surface area contributed by atoms with Crippen molar-refractivity contribution in [2.24, 2.45) is 0 Å². The number of aromatic nitrogens is 2. The van der Waals surface area contributed by atoms with E-state index in [2.05, 4.69) is 20.6 Å². The van der Waals surface area contributed by atoms with Crippen molar-refractivity contribution in [1.82, 2.24) is 15.3 Å². The predicted octanol–water partition coefficient (Wildman–Crippen LogP) is 4.02. The van der Waals surface area contributed by atoms with Crippen LogP contribution in [0.3, 0.4) is 0 Å². The molecule has 0 fully saturated rings. The highest BCUT2D eigenvalue weighted by molar-refractivity contribution is 5.95. The van der Waals surface area contributed by atoms with Gasteiger partial charge in [0.05, 0.1) is 30.7 Å². The third kappa shape index (κ3) is 5.90. The third-order valence-corrected chi connectivity index (χ3v) is 5.82. The van der Waals surface area contributed by atoms with Gasteiger partial charge >= 0.3 is 12.1 Å². The molecule has 0 spiro atoms. The summed E-state index contributed by atoms with van der Waals surface area (Å²) in [5, 5.41) is 5.26. The molecule has 0 radical (unpaired) electrons. The molecule has 0 saturated heterocycles. The summed E-state index contributed by atoms with van der Waals surface area (Å²) in [6.07, 6.45) is -3.04. The summed E-state index contributed by atoms with van der Waals surface area (Å²) >= 11 is 0. The molecule has 3 aromatic rings. The number of rotatable bonds is 6. The van der Waals surface area contributed by atoms with Gasteiger partial charge in [-0.3, -0.25) is 9.59 Å². The maximum absolute atomic E-state index is 13.5. The van der Waals surface area contributed by atoms with Gasteiger partial charge in [-0.2, -0.15) is 13.2 Å². The molecule has 37 heavy (non-hydrogen) atoms. The van der Waals surface area contributed by atoms with Gasteiger partial charge in [0.1, 0.15) is 23.7 Å². The molecule has 8 nitrogen and oxygen atoms in total. The van der Waals surface area contributed by atoms with Crippen LogP contribution in [0, 0.1) is 5.82 Å². The molecule has 4 rings (SSSR count). The number of halogens is 4. The fourth-order valence-corrected chi connectivity index (χ4v) is 4.07. The number of nitrogens with zero attached hydrogens (tertiary/aromatic N) is 2. The molecule has 192 valence electrons. The average molecular weight is 516 g/mol. The van der Waals surface area contributed by atoms with Gasteiger partial charge in [-0.1, -0.05) is 12.1 Å². The molecule has 0 saturated carbocycles. The van der Waals surface area contributed by atoms with E-state index in [-0.39, 0.29) is 23.1 Å². The first kappa shape index (κ1) is 25.7. The normalized spacial score (nSPS) is 14.6. The molecule has 0 bridgehead atoms. The number of nitrogens with one attached hydrogen (secondary N) is 2. The molecule has 12 heteroatoms. The highest BCUT2D eigenvalue weighted by Gasteiger charge is 2.34. The largest absolute Gasteiger partial charge is 0.465 e. The van der Waals surface area contributed by atoms with E-state index in [9.17, 15) is 31.9 Å². The monoisotopic (exact) mass is 516 g/mol. The van der Waals surface area contributed by atoms with Crippen LogP contribution in [-0.2, 0) is 28.5 Å². The highest BCUT2D eigenvalue weighted by atomic mass is 19.4. The van der Waals surface area contributed by atoms with E-state index < -0.39 is 41.8 Å². The molecular weight excluding hydrogens is 496 g/mol. The quantitative estimate of drug-likeness (QED) is 0.378. The van der Waals surface area contributed by atoms with Gasteiger partial charge in [-0.15, -0.1) is 0 Å². The van der Waals surface area contributed by atoms with Gasteiger partial charge in [0.25, 0.3) is 5.91 Å². The molecule has 1 atom stereocenters. The number of hydrogen-bond donors (Lipinski definition) is 2. The standard InChI is InChI=1S/C25H20F4N4O4/c1-37-24(36)15-3-5-16-14(10-15)4-7-19(16)32-23(35)20-11-21(31-12-30-20)33-22(34)9-13-2-6-18(26)17(8-13)25(27,28)29/h2-3,5-6,8,10-12,19H,4,7,9H2,1H3,(H,32,35)(H,30,31,33,34)/t19-/m0/s1. The topological polar surface area (TPSA) is 110 Å². The van der Waals surface area contributed by atoms with E-state index in [4.69, 9.17) is 4.74 Å². The summed E-state index contributed by atoms with van der Waals surface area (Å²) in [6, 6.07) is 8.31. The first-order valence-electron chi connectivity index (χ1n) is 11.0. The maximum Gasteiger partial charge on any atom is 0.419 e. The number of methoxy groups -OCH3 is 1. The number of benzene rings is 2. The van der Waals surface area contributed by atoms with Crippen LogP contribution in [-0.4, -0.2) is 34.9 Å². The van der Waals surface area contributed by atoms with Crippen molar-refractivity contribution >= 4 is 23.6 Å². The van der Waals surface area contributed by atoms with E-state index in [0.717, 1.165) is 23.5 Å². The Morgan fingerprint density at radius 1 is 1.08 bits per heavy atom. The number of amides is 2. The van der Waals surface area contributed by atoms with Gasteiger partial charge in [-0.05, 0) is 53.8 Å². The van der Waals surface area contributed by atoms with Crippen molar-refractivity contribution < 1.29 is 36.7 Å². The van der Waals surface area contributed by atoms with Crippen molar-refractivity contribution in [3.05, 3.63) is 88.1 Å². The van der Waals surface area contributed by atoms with Gasteiger partial charge in [-0.25, -0.2) is 19.2 Å². The van der Waals surface area contributed by atoms with Gasteiger partial charge in [0, 0.05) is 6.07 Å². The number of carbonyl (C=O) groups excluding carboxylic acids is 3. The Morgan fingerprint density at radius 3 is 2.59 bits per heavy atom. The van der Waals surface area contributed by atoms with Gasteiger partial charge in [0.15, 0.2) is 0 Å². The van der Waals surface area contributed by atoms with Crippen LogP contribution >= 0.6 is 0 Å². The average Bonchev–Trinajstić information content (AvgIpc) is 3.26. The lowest BCUT2D eigenvalue weighted by atomic mass is 10.0. The highest BCUT2D eigenvalue weighted by Crippen LogP contribution is 2.33. The first-order valence-corrected chi connectivity index (χ1v) is 11.0. The number of carbonyl (C=O) groups is 3. The molecule has 1 heterocycles. The molecule has 0 aliphatic heterocycles. The number of aryl methyl sites for hydroxylation is 1. The van der Waals surface area contributed by atoms with Crippen molar-refractivity contribution in [2.45, 2.75) is 31.5 Å². The number of ether oxygens (including phenoxy) is 1. The summed E-state index contributed by atoms with van der Waals surface area (Å²) in [6.45, 7) is 0. The molecule has 1 aliphatic carbocycles. The minimum absolute atomic E-state index is 0.0298. The molecular formula is C25H20F4N4O4. The van der Waals surface area contributed by atoms with E-state index in [0.29, 0.717) is 30.5 Å². The Balaban J connectivity index is 1.41. The zero-order valence-electron chi connectivity index (χ0n) is 19.4. The second kappa shape index (κ2) is 10.3. The van der Waals surface area contributed by atoms with E-state index in [1.807, 2.05) is 0 Å². The second-order valence-electron chi connectivity index (χ2n) is 8.30. The van der Waals surface area contributed by atoms with Gasteiger partial charge in [0.2, 0.25) is 5.91 Å². The lowest BCUT2D eigenvalue weighted by Gasteiger charge is -2.14. The van der Waals surface area contributed by atoms with Crippen molar-refractivity contribution in [2.75, 3.05) is 12.4 Å². The zero-order valence-corrected chi connectivity index (χ0v) is 19.4. The third-order valence-electron chi connectivity index (χ3n) is 5.82. The Bertz CT molecular complexity index is 1380. The van der Waals surface area contributed by atoms with Crippen LogP contribution in [0.15, 0.2) is 48.8 Å². The summed E-state index contributed by atoms with van der Waals surface area (Å²) in [5.74, 6) is -3.15. The van der Waals surface area contributed by atoms with Crippen molar-refractivity contribution in [1.29, 1.82) is 0 Å². The van der Waals surface area contributed by atoms with E-state index in [1.54, 1.807) is 18.2 Å². The fourth-order valence-electron chi connectivity index (χ4n) is 4.07. The Hall–Kier alpha value is -4.35. The van der Waals surface area contributed by atoms with Crippen molar-refractivity contribution in [3.8, 4) is 0 Å². The first-order chi connectivity index (χ1) is 17.5. The maximum atomic E-state index is 13.5. The van der Waals surface area contributed by atoms with Crippen molar-refractivity contribution in [3.63, 3.8) is 0 Å². The Labute approximate surface area is 208 Å². The van der Waals surface area contributed by atoms with Gasteiger partial charge < -0.3 is 15.4 Å². The summed E-state index contributed by atoms with van der Waals surface area (Å²) in [5.41, 5.74) is 0.646. The molecule has 2 N–H and O–H groups in total. The van der Waals surface area contributed by atoms with Crippen LogP contribution in [0.2, 0.25) is 0 Å². The summed E-state index contributed by atoms with van der Waals surface area (Å²) < 4.78 is 56.9. The summed E-state index contributed by atoms with van der Waals surface area (Å²) in [4.78, 5) is 44.7. The van der Waals surface area contributed by atoms with E-state index in [1.165, 1.54) is 13.2 Å². The molecule has 0 unspecified atom stereocenters. The number of esters is 1. The Morgan fingerprint density at radius 2 is 1.86 bits per heavy atom. The minimum atomic E-state index is -4.89. The van der Waals surface area contributed by atoms with E-state index >= 15 is 0 Å². The molecule has 1 aromatic heterocycles. The zero-order chi connectivity index (χ0) is 26.7. The lowest BCUT2D eigenvalue weighted by Crippen LogP contribution is -2.28. The minimum Gasteiger partial charge on any atom is -0.465 e. The smallest absolute Gasteiger partial charge is 0.419 e. The Kier molecular flexibility index (Phi) is 7.18. The number of alkyl halides is 3. The molecule has 2 aromatic carbocycles. The number of fused-ring (bicyclic) bond motifs is 1. The predicted molar refractivity (Wildman–Crippen MR) is 122 cm³/mol. The lowest BCUT2D eigenvalue weighted by molar-refractivity contribution is -0.140. The summed E-state index contributed by atoms with van der Waals surface area (Å²) in [7, 11) is 1.30. The van der Waals surface area contributed by atoms with Crippen LogP contribution < -0.4 is 10.6 Å². The second-order valence-corrected chi connectivity index (χ2v) is 8.30. The van der Waals surface area contributed by atoms with Crippen LogP contribution in [0.25, 0.3) is 0 Å².